The average molecular weight is 348 g/mol. The predicted octanol–water partition coefficient (Wildman–Crippen LogP) is 2.63. The van der Waals surface area contributed by atoms with Crippen LogP contribution in [-0.4, -0.2) is 49.7 Å². The first-order chi connectivity index (χ1) is 12.2. The third-order valence-electron chi connectivity index (χ3n) is 5.22. The van der Waals surface area contributed by atoms with E-state index in [1.54, 1.807) is 0 Å². The lowest BCUT2D eigenvalue weighted by Crippen LogP contribution is -2.50. The standard InChI is InChI=1S/C19H28N2O4/c22-10-13-25-19(8-11-24-12-9-19)14-20-18(23)21-17-6-4-16(5-7-17)15-2-1-3-15/h4-7,15,22H,1-3,8-14H2,(H2,20,21,23). The Labute approximate surface area is 148 Å². The van der Waals surface area contributed by atoms with Crippen LogP contribution in [0.2, 0.25) is 0 Å². The maximum Gasteiger partial charge on any atom is 0.319 e. The van der Waals surface area contributed by atoms with Gasteiger partial charge in [0.15, 0.2) is 0 Å². The molecule has 1 heterocycles. The largest absolute Gasteiger partial charge is 0.394 e. The highest BCUT2D eigenvalue weighted by atomic mass is 16.5. The molecule has 0 atom stereocenters. The Balaban J connectivity index is 1.49. The molecule has 0 aromatic heterocycles. The molecule has 1 aromatic rings. The number of anilines is 1. The van der Waals surface area contributed by atoms with Gasteiger partial charge in [-0.15, -0.1) is 0 Å². The molecule has 1 saturated heterocycles. The van der Waals surface area contributed by atoms with Gasteiger partial charge in [0.25, 0.3) is 0 Å². The molecule has 138 valence electrons. The van der Waals surface area contributed by atoms with Crippen molar-refractivity contribution in [1.82, 2.24) is 5.32 Å². The maximum atomic E-state index is 12.2. The van der Waals surface area contributed by atoms with Gasteiger partial charge in [0.05, 0.1) is 18.8 Å². The van der Waals surface area contributed by atoms with E-state index >= 15 is 0 Å². The van der Waals surface area contributed by atoms with Gasteiger partial charge in [0.2, 0.25) is 0 Å². The normalized spacial score (nSPS) is 19.9. The van der Waals surface area contributed by atoms with E-state index in [0.29, 0.717) is 38.5 Å². The van der Waals surface area contributed by atoms with Crippen molar-refractivity contribution >= 4 is 11.7 Å². The van der Waals surface area contributed by atoms with Crippen molar-refractivity contribution in [2.45, 2.75) is 43.6 Å². The molecule has 2 fully saturated rings. The Hall–Kier alpha value is -1.63. The van der Waals surface area contributed by atoms with Gasteiger partial charge in [-0.05, 0) is 36.5 Å². The minimum Gasteiger partial charge on any atom is -0.394 e. The number of carbonyl (C=O) groups excluding carboxylic acids is 1. The van der Waals surface area contributed by atoms with Crippen LogP contribution in [0.15, 0.2) is 24.3 Å². The average Bonchev–Trinajstić information content (AvgIpc) is 2.59. The van der Waals surface area contributed by atoms with Gasteiger partial charge in [-0.1, -0.05) is 18.6 Å². The number of nitrogens with one attached hydrogen (secondary N) is 2. The van der Waals surface area contributed by atoms with Crippen molar-refractivity contribution in [3.05, 3.63) is 29.8 Å². The number of benzene rings is 1. The van der Waals surface area contributed by atoms with Crippen molar-refractivity contribution in [1.29, 1.82) is 0 Å². The molecule has 3 N–H and O–H groups in total. The van der Waals surface area contributed by atoms with Crippen LogP contribution in [0.1, 0.15) is 43.6 Å². The van der Waals surface area contributed by atoms with Gasteiger partial charge in [-0.2, -0.15) is 0 Å². The summed E-state index contributed by atoms with van der Waals surface area (Å²) in [7, 11) is 0. The summed E-state index contributed by atoms with van der Waals surface area (Å²) in [4.78, 5) is 12.2. The van der Waals surface area contributed by atoms with E-state index in [0.717, 1.165) is 5.69 Å². The van der Waals surface area contributed by atoms with Crippen LogP contribution in [0, 0.1) is 0 Å². The molecule has 6 nitrogen and oxygen atoms in total. The summed E-state index contributed by atoms with van der Waals surface area (Å²) in [6.07, 6.45) is 5.28. The van der Waals surface area contributed by atoms with Crippen LogP contribution >= 0.6 is 0 Å². The van der Waals surface area contributed by atoms with E-state index in [1.165, 1.54) is 24.8 Å². The molecule has 1 saturated carbocycles. The predicted molar refractivity (Wildman–Crippen MR) is 95.9 cm³/mol. The number of carbonyl (C=O) groups is 1. The number of aliphatic hydroxyl groups excluding tert-OH is 1. The number of aliphatic hydroxyl groups is 1. The summed E-state index contributed by atoms with van der Waals surface area (Å²) in [6.45, 7) is 1.87. The molecular formula is C19H28N2O4. The highest BCUT2D eigenvalue weighted by Gasteiger charge is 2.34. The first kappa shape index (κ1) is 18.2. The van der Waals surface area contributed by atoms with Crippen molar-refractivity contribution in [2.75, 3.05) is 38.3 Å². The number of rotatable bonds is 7. The number of hydrogen-bond acceptors (Lipinski definition) is 4. The van der Waals surface area contributed by atoms with Crippen molar-refractivity contribution in [3.8, 4) is 0 Å². The second-order valence-corrected chi connectivity index (χ2v) is 6.92. The minimum atomic E-state index is -0.452. The molecule has 0 spiro atoms. The van der Waals surface area contributed by atoms with Gasteiger partial charge in [0.1, 0.15) is 0 Å². The zero-order valence-electron chi connectivity index (χ0n) is 14.6. The molecule has 1 aliphatic carbocycles. The van der Waals surface area contributed by atoms with Gasteiger partial charge < -0.3 is 25.2 Å². The third-order valence-corrected chi connectivity index (χ3v) is 5.22. The van der Waals surface area contributed by atoms with Gasteiger partial charge in [-0.25, -0.2) is 4.79 Å². The summed E-state index contributed by atoms with van der Waals surface area (Å²) in [6, 6.07) is 7.88. The Kier molecular flexibility index (Phi) is 6.29. The van der Waals surface area contributed by atoms with Crippen LogP contribution in [0.25, 0.3) is 0 Å². The molecule has 6 heteroatoms. The van der Waals surface area contributed by atoms with E-state index < -0.39 is 5.60 Å². The molecule has 0 radical (unpaired) electrons. The number of amides is 2. The maximum absolute atomic E-state index is 12.2. The molecule has 0 bridgehead atoms. The van der Waals surface area contributed by atoms with Crippen molar-refractivity contribution in [3.63, 3.8) is 0 Å². The topological polar surface area (TPSA) is 79.8 Å². The number of hydrogen-bond donors (Lipinski definition) is 3. The van der Waals surface area contributed by atoms with E-state index in [-0.39, 0.29) is 19.2 Å². The molecule has 2 amide bonds. The molecular weight excluding hydrogens is 320 g/mol. The molecule has 2 aliphatic rings. The third kappa shape index (κ3) is 4.93. The molecule has 0 unspecified atom stereocenters. The fraction of sp³-hybridized carbons (Fsp3) is 0.632. The summed E-state index contributed by atoms with van der Waals surface area (Å²) < 4.78 is 11.2. The molecule has 25 heavy (non-hydrogen) atoms. The Morgan fingerprint density at radius 3 is 2.56 bits per heavy atom. The SMILES string of the molecule is O=C(NCC1(OCCO)CCOCC1)Nc1ccc(C2CCC2)cc1. The zero-order chi connectivity index (χ0) is 17.5. The van der Waals surface area contributed by atoms with E-state index in [4.69, 9.17) is 14.6 Å². The summed E-state index contributed by atoms with van der Waals surface area (Å²) >= 11 is 0. The Morgan fingerprint density at radius 1 is 1.24 bits per heavy atom. The molecule has 3 rings (SSSR count). The van der Waals surface area contributed by atoms with Crippen molar-refractivity contribution in [2.24, 2.45) is 0 Å². The van der Waals surface area contributed by atoms with Crippen LogP contribution in [-0.2, 0) is 9.47 Å². The number of ether oxygens (including phenoxy) is 2. The van der Waals surface area contributed by atoms with Gasteiger partial charge in [-0.3, -0.25) is 0 Å². The Bertz CT molecular complexity index is 551. The summed E-state index contributed by atoms with van der Waals surface area (Å²) in [5.41, 5.74) is 1.69. The van der Waals surface area contributed by atoms with Crippen LogP contribution in [0.5, 0.6) is 0 Å². The van der Waals surface area contributed by atoms with Crippen LogP contribution < -0.4 is 10.6 Å². The zero-order valence-corrected chi connectivity index (χ0v) is 14.6. The summed E-state index contributed by atoms with van der Waals surface area (Å²) in [5.74, 6) is 0.694. The fourth-order valence-electron chi connectivity index (χ4n) is 3.37. The fourth-order valence-corrected chi connectivity index (χ4v) is 3.37. The van der Waals surface area contributed by atoms with E-state index in [9.17, 15) is 4.79 Å². The first-order valence-electron chi connectivity index (χ1n) is 9.18. The van der Waals surface area contributed by atoms with Crippen molar-refractivity contribution < 1.29 is 19.4 Å². The van der Waals surface area contributed by atoms with Crippen LogP contribution in [0.3, 0.4) is 0 Å². The first-order valence-corrected chi connectivity index (χ1v) is 9.18. The lowest BCUT2D eigenvalue weighted by Gasteiger charge is -2.37. The molecule has 1 aliphatic heterocycles. The van der Waals surface area contributed by atoms with E-state index in [1.807, 2.05) is 12.1 Å². The van der Waals surface area contributed by atoms with Gasteiger partial charge in [0, 0.05) is 38.3 Å². The van der Waals surface area contributed by atoms with Gasteiger partial charge >= 0.3 is 6.03 Å². The Morgan fingerprint density at radius 2 is 1.96 bits per heavy atom. The minimum absolute atomic E-state index is 0.0256. The highest BCUT2D eigenvalue weighted by molar-refractivity contribution is 5.89. The van der Waals surface area contributed by atoms with E-state index in [2.05, 4.69) is 22.8 Å². The summed E-state index contributed by atoms with van der Waals surface area (Å²) in [5, 5.41) is 14.8. The highest BCUT2D eigenvalue weighted by Crippen LogP contribution is 2.36. The lowest BCUT2D eigenvalue weighted by molar-refractivity contribution is -0.113. The lowest BCUT2D eigenvalue weighted by atomic mass is 9.80. The second-order valence-electron chi connectivity index (χ2n) is 6.92. The number of urea groups is 1. The smallest absolute Gasteiger partial charge is 0.319 e. The van der Waals surface area contributed by atoms with Crippen LogP contribution in [0.4, 0.5) is 10.5 Å². The molecule has 1 aromatic carbocycles. The monoisotopic (exact) mass is 348 g/mol. The quantitative estimate of drug-likeness (QED) is 0.708. The second kappa shape index (κ2) is 8.65.